The first-order valence-electron chi connectivity index (χ1n) is 6.34. The summed E-state index contributed by atoms with van der Waals surface area (Å²) in [6, 6.07) is 5.92. The van der Waals surface area contributed by atoms with E-state index in [0.717, 1.165) is 0 Å². The Morgan fingerprint density at radius 1 is 0.875 bits per heavy atom. The van der Waals surface area contributed by atoms with Crippen LogP contribution in [0.3, 0.4) is 0 Å². The number of hydrogen-bond donors (Lipinski definition) is 2. The van der Waals surface area contributed by atoms with Crippen LogP contribution in [0.1, 0.15) is 11.1 Å². The van der Waals surface area contributed by atoms with E-state index in [2.05, 4.69) is 15.6 Å². The van der Waals surface area contributed by atoms with Crippen molar-refractivity contribution in [3.8, 4) is 0 Å². The molecule has 10 heteroatoms. The van der Waals surface area contributed by atoms with Gasteiger partial charge in [-0.2, -0.15) is 26.3 Å². The lowest BCUT2D eigenvalue weighted by Crippen LogP contribution is -2.21. The molecule has 0 spiro atoms. The minimum absolute atomic E-state index is 0.0421. The van der Waals surface area contributed by atoms with E-state index in [4.69, 9.17) is 12.2 Å². The molecule has 0 aliphatic rings. The van der Waals surface area contributed by atoms with Crippen LogP contribution in [0.15, 0.2) is 42.6 Å². The highest BCUT2D eigenvalue weighted by Crippen LogP contribution is 2.37. The van der Waals surface area contributed by atoms with Crippen LogP contribution >= 0.6 is 12.2 Å². The summed E-state index contributed by atoms with van der Waals surface area (Å²) in [6.45, 7) is 0. The number of thiocarbonyl (C=S) groups is 1. The molecule has 0 radical (unpaired) electrons. The fourth-order valence-corrected chi connectivity index (χ4v) is 1.96. The molecule has 0 aliphatic carbocycles. The number of nitrogens with zero attached hydrogens (tertiary/aromatic N) is 1. The monoisotopic (exact) mass is 365 g/mol. The van der Waals surface area contributed by atoms with E-state index in [1.165, 1.54) is 12.3 Å². The zero-order valence-corrected chi connectivity index (χ0v) is 12.5. The van der Waals surface area contributed by atoms with Gasteiger partial charge in [-0.15, -0.1) is 0 Å². The normalized spacial score (nSPS) is 11.9. The van der Waals surface area contributed by atoms with E-state index >= 15 is 0 Å². The Bertz CT molecular complexity index is 695. The molecule has 128 valence electrons. The van der Waals surface area contributed by atoms with Gasteiger partial charge < -0.3 is 10.6 Å². The van der Waals surface area contributed by atoms with E-state index in [9.17, 15) is 26.3 Å². The van der Waals surface area contributed by atoms with Gasteiger partial charge in [0, 0.05) is 11.9 Å². The van der Waals surface area contributed by atoms with Gasteiger partial charge in [0.1, 0.15) is 5.82 Å². The van der Waals surface area contributed by atoms with Crippen LogP contribution < -0.4 is 10.6 Å². The Kier molecular flexibility index (Phi) is 4.97. The van der Waals surface area contributed by atoms with Crippen molar-refractivity contribution in [2.24, 2.45) is 0 Å². The van der Waals surface area contributed by atoms with Crippen LogP contribution in [0.2, 0.25) is 0 Å². The molecular weight excluding hydrogens is 356 g/mol. The zero-order chi connectivity index (χ0) is 18.0. The lowest BCUT2D eigenvalue weighted by Gasteiger charge is -2.16. The molecule has 0 atom stereocenters. The smallest absolute Gasteiger partial charge is 0.332 e. The number of aromatic nitrogens is 1. The van der Waals surface area contributed by atoms with Crippen molar-refractivity contribution >= 4 is 28.8 Å². The number of alkyl halides is 6. The number of halogens is 6. The van der Waals surface area contributed by atoms with Crippen molar-refractivity contribution in [2.75, 3.05) is 10.6 Å². The first-order valence-corrected chi connectivity index (χ1v) is 6.75. The Morgan fingerprint density at radius 3 is 1.92 bits per heavy atom. The molecule has 0 aliphatic heterocycles. The lowest BCUT2D eigenvalue weighted by atomic mass is 10.1. The molecule has 0 fully saturated rings. The van der Waals surface area contributed by atoms with Crippen LogP contribution in [0.4, 0.5) is 37.8 Å². The summed E-state index contributed by atoms with van der Waals surface area (Å²) in [5, 5.41) is 4.66. The van der Waals surface area contributed by atoms with E-state index in [0.29, 0.717) is 12.1 Å². The largest absolute Gasteiger partial charge is 0.416 e. The Hall–Kier alpha value is -2.36. The van der Waals surface area contributed by atoms with Crippen LogP contribution in [0, 0.1) is 0 Å². The molecule has 3 nitrogen and oxygen atoms in total. The molecule has 2 rings (SSSR count). The van der Waals surface area contributed by atoms with Gasteiger partial charge in [0.2, 0.25) is 0 Å². The predicted molar refractivity (Wildman–Crippen MR) is 80.5 cm³/mol. The molecule has 0 amide bonds. The molecule has 0 saturated carbocycles. The van der Waals surface area contributed by atoms with Crippen LogP contribution in [-0.2, 0) is 12.4 Å². The molecular formula is C14H9F6N3S. The number of nitrogens with one attached hydrogen (secondary N) is 2. The van der Waals surface area contributed by atoms with Gasteiger partial charge in [-0.1, -0.05) is 6.07 Å². The fourth-order valence-electron chi connectivity index (χ4n) is 1.74. The second kappa shape index (κ2) is 6.63. The Balaban J connectivity index is 2.27. The maximum atomic E-state index is 12.8. The van der Waals surface area contributed by atoms with Crippen molar-refractivity contribution in [2.45, 2.75) is 12.4 Å². The van der Waals surface area contributed by atoms with Crippen LogP contribution in [0.25, 0.3) is 0 Å². The summed E-state index contributed by atoms with van der Waals surface area (Å²) in [7, 11) is 0. The van der Waals surface area contributed by atoms with Gasteiger partial charge in [-0.3, -0.25) is 0 Å². The molecule has 0 unspecified atom stereocenters. The number of hydrogen-bond acceptors (Lipinski definition) is 2. The molecule has 2 aromatic rings. The molecule has 0 saturated heterocycles. The Morgan fingerprint density at radius 2 is 1.46 bits per heavy atom. The average Bonchev–Trinajstić information content (AvgIpc) is 2.46. The minimum atomic E-state index is -4.92. The predicted octanol–water partition coefficient (Wildman–Crippen LogP) is 4.93. The highest BCUT2D eigenvalue weighted by Gasteiger charge is 2.37. The third kappa shape index (κ3) is 4.82. The standard InChI is InChI=1S/C14H9F6N3S/c15-13(16,17)8-5-9(14(18,19)20)7-10(6-8)22-12(24)23-11-3-1-2-4-21-11/h1-7H,(H2,21,22,23,24). The van der Waals surface area contributed by atoms with E-state index < -0.39 is 29.2 Å². The molecule has 1 aromatic carbocycles. The molecule has 0 bridgehead atoms. The molecule has 2 N–H and O–H groups in total. The van der Waals surface area contributed by atoms with Gasteiger partial charge in [-0.05, 0) is 42.5 Å². The zero-order valence-electron chi connectivity index (χ0n) is 11.7. The first-order chi connectivity index (χ1) is 11.1. The summed E-state index contributed by atoms with van der Waals surface area (Å²) in [5.41, 5.74) is -3.30. The summed E-state index contributed by atoms with van der Waals surface area (Å²) in [5.74, 6) is 0.290. The maximum Gasteiger partial charge on any atom is 0.416 e. The van der Waals surface area contributed by atoms with Crippen molar-refractivity contribution in [1.82, 2.24) is 4.98 Å². The fraction of sp³-hybridized carbons (Fsp3) is 0.143. The lowest BCUT2D eigenvalue weighted by molar-refractivity contribution is -0.143. The third-order valence-electron chi connectivity index (χ3n) is 2.75. The first kappa shape index (κ1) is 18.0. The number of pyridine rings is 1. The van der Waals surface area contributed by atoms with Gasteiger partial charge >= 0.3 is 12.4 Å². The van der Waals surface area contributed by atoms with E-state index in [-0.39, 0.29) is 17.0 Å². The van der Waals surface area contributed by atoms with Gasteiger partial charge in [0.15, 0.2) is 5.11 Å². The number of rotatable bonds is 2. The third-order valence-corrected chi connectivity index (χ3v) is 2.96. The van der Waals surface area contributed by atoms with Gasteiger partial charge in [0.25, 0.3) is 0 Å². The van der Waals surface area contributed by atoms with Crippen molar-refractivity contribution < 1.29 is 26.3 Å². The van der Waals surface area contributed by atoms with Gasteiger partial charge in [-0.25, -0.2) is 4.98 Å². The highest BCUT2D eigenvalue weighted by molar-refractivity contribution is 7.80. The summed E-state index contributed by atoms with van der Waals surface area (Å²) >= 11 is 4.87. The molecule has 1 aromatic heterocycles. The quantitative estimate of drug-likeness (QED) is 0.585. The second-order valence-electron chi connectivity index (χ2n) is 4.59. The molecule has 24 heavy (non-hydrogen) atoms. The minimum Gasteiger partial charge on any atom is -0.332 e. The molecule has 1 heterocycles. The second-order valence-corrected chi connectivity index (χ2v) is 5.00. The summed E-state index contributed by atoms with van der Waals surface area (Å²) < 4.78 is 76.6. The average molecular weight is 365 g/mol. The van der Waals surface area contributed by atoms with Crippen LogP contribution in [-0.4, -0.2) is 10.1 Å². The van der Waals surface area contributed by atoms with Crippen molar-refractivity contribution in [1.29, 1.82) is 0 Å². The van der Waals surface area contributed by atoms with Crippen molar-refractivity contribution in [3.05, 3.63) is 53.7 Å². The van der Waals surface area contributed by atoms with E-state index in [1.54, 1.807) is 12.1 Å². The number of benzene rings is 1. The highest BCUT2D eigenvalue weighted by atomic mass is 32.1. The van der Waals surface area contributed by atoms with Crippen molar-refractivity contribution in [3.63, 3.8) is 0 Å². The summed E-state index contributed by atoms with van der Waals surface area (Å²) in [6.07, 6.45) is -8.40. The van der Waals surface area contributed by atoms with E-state index in [1.807, 2.05) is 0 Å². The van der Waals surface area contributed by atoms with Crippen LogP contribution in [0.5, 0.6) is 0 Å². The maximum absolute atomic E-state index is 12.8. The van der Waals surface area contributed by atoms with Gasteiger partial charge in [0.05, 0.1) is 11.1 Å². The Labute approximate surface area is 137 Å². The topological polar surface area (TPSA) is 37.0 Å². The SMILES string of the molecule is FC(F)(F)c1cc(NC(=S)Nc2ccccn2)cc(C(F)(F)F)c1. The summed E-state index contributed by atoms with van der Waals surface area (Å²) in [4.78, 5) is 3.88. The number of anilines is 2.